The Balaban J connectivity index is 4.38. The second-order valence-electron chi connectivity index (χ2n) is 12.2. The number of ether oxygens (including phenoxy) is 2. The number of allylic oxidation sites excluding steroid dienone is 2. The van der Waals surface area contributed by atoms with Gasteiger partial charge in [0.25, 0.3) is 0 Å². The van der Waals surface area contributed by atoms with E-state index in [1.165, 1.54) is 57.8 Å². The number of quaternary nitrogens is 1. The van der Waals surface area contributed by atoms with Gasteiger partial charge in [-0.2, -0.15) is 0 Å². The van der Waals surface area contributed by atoms with Crippen LogP contribution in [0.15, 0.2) is 12.2 Å². The zero-order chi connectivity index (χ0) is 30.7. The summed E-state index contributed by atoms with van der Waals surface area (Å²) >= 11 is 0. The lowest BCUT2D eigenvalue weighted by Crippen LogP contribution is -2.37. The minimum Gasteiger partial charge on any atom is -0.457 e. The van der Waals surface area contributed by atoms with Gasteiger partial charge in [0.2, 0.25) is 0 Å². The van der Waals surface area contributed by atoms with E-state index >= 15 is 0 Å². The fourth-order valence-electron chi connectivity index (χ4n) is 4.20. The van der Waals surface area contributed by atoms with Crippen molar-refractivity contribution in [2.45, 2.75) is 136 Å². The zero-order valence-electron chi connectivity index (χ0n) is 27.3. The molecule has 41 heavy (non-hydrogen) atoms. The summed E-state index contributed by atoms with van der Waals surface area (Å²) in [6.07, 6.45) is 23.8. The predicted molar refractivity (Wildman–Crippen MR) is 169 cm³/mol. The van der Waals surface area contributed by atoms with E-state index in [0.29, 0.717) is 24.1 Å². The first-order valence-corrected chi connectivity index (χ1v) is 17.9. The zero-order valence-corrected chi connectivity index (χ0v) is 28.2. The van der Waals surface area contributed by atoms with Crippen molar-refractivity contribution in [3.63, 3.8) is 0 Å². The summed E-state index contributed by atoms with van der Waals surface area (Å²) in [6, 6.07) is 0. The van der Waals surface area contributed by atoms with Crippen LogP contribution in [-0.2, 0) is 27.9 Å². The third-order valence-corrected chi connectivity index (χ3v) is 7.79. The van der Waals surface area contributed by atoms with Crippen molar-refractivity contribution >= 4 is 13.8 Å². The van der Waals surface area contributed by atoms with Crippen LogP contribution < -0.4 is 0 Å². The number of phosphoric acid groups is 1. The third-order valence-electron chi connectivity index (χ3n) is 6.81. The Kier molecular flexibility index (Phi) is 26.3. The van der Waals surface area contributed by atoms with Crippen molar-refractivity contribution < 1.29 is 37.3 Å². The van der Waals surface area contributed by atoms with Crippen LogP contribution in [0.5, 0.6) is 0 Å². The van der Waals surface area contributed by atoms with Crippen LogP contribution in [0.2, 0.25) is 0 Å². The van der Waals surface area contributed by atoms with Gasteiger partial charge in [0.05, 0.1) is 34.4 Å². The molecule has 244 valence electrons. The van der Waals surface area contributed by atoms with Crippen LogP contribution in [0.3, 0.4) is 0 Å². The number of likely N-dealkylation sites (N-methyl/N-ethyl adjacent to an activating group) is 1. The Labute approximate surface area is 252 Å². The Bertz CT molecular complexity index is 681. The topological polar surface area (TPSA) is 91.3 Å². The van der Waals surface area contributed by atoms with Crippen molar-refractivity contribution in [3.05, 3.63) is 12.2 Å². The number of nitrogens with zero attached hydrogens (tertiary/aromatic N) is 1. The van der Waals surface area contributed by atoms with Gasteiger partial charge in [-0.25, -0.2) is 4.57 Å². The number of rotatable bonds is 30. The molecule has 0 aliphatic rings. The van der Waals surface area contributed by atoms with Crippen LogP contribution in [-0.4, -0.2) is 75.6 Å². The first-order valence-electron chi connectivity index (χ1n) is 16.4. The molecule has 0 saturated heterocycles. The Hall–Kier alpha value is -0.760. The summed E-state index contributed by atoms with van der Waals surface area (Å²) in [7, 11) is 1.66. The van der Waals surface area contributed by atoms with E-state index < -0.39 is 13.9 Å². The molecule has 0 amide bonds. The largest absolute Gasteiger partial charge is 0.472 e. The quantitative estimate of drug-likeness (QED) is 0.0289. The lowest BCUT2D eigenvalue weighted by Gasteiger charge is -2.24. The second kappa shape index (κ2) is 26.8. The molecule has 0 aromatic rings. The molecular formula is C32H65NO7P+. The van der Waals surface area contributed by atoms with Gasteiger partial charge >= 0.3 is 13.8 Å². The predicted octanol–water partition coefficient (Wildman–Crippen LogP) is 8.37. The fraction of sp³-hybridized carbons (Fsp3) is 0.906. The van der Waals surface area contributed by atoms with Gasteiger partial charge in [0.15, 0.2) is 0 Å². The van der Waals surface area contributed by atoms with Crippen LogP contribution in [0.4, 0.5) is 0 Å². The van der Waals surface area contributed by atoms with Crippen LogP contribution in [0.1, 0.15) is 129 Å². The number of hydrogen-bond acceptors (Lipinski definition) is 6. The maximum Gasteiger partial charge on any atom is 0.472 e. The van der Waals surface area contributed by atoms with E-state index in [1.807, 2.05) is 21.1 Å². The van der Waals surface area contributed by atoms with E-state index in [2.05, 4.69) is 26.0 Å². The highest BCUT2D eigenvalue weighted by Gasteiger charge is 2.26. The molecule has 0 heterocycles. The van der Waals surface area contributed by atoms with E-state index in [0.717, 1.165) is 51.4 Å². The summed E-state index contributed by atoms with van der Waals surface area (Å²) < 4.78 is 34.6. The number of carbonyl (C=O) groups excluding carboxylic acids is 1. The van der Waals surface area contributed by atoms with Crippen molar-refractivity contribution in [1.29, 1.82) is 0 Å². The minimum absolute atomic E-state index is 0.0892. The molecule has 0 aliphatic carbocycles. The Morgan fingerprint density at radius 1 is 0.732 bits per heavy atom. The molecule has 0 spiro atoms. The fourth-order valence-corrected chi connectivity index (χ4v) is 4.94. The number of esters is 1. The molecule has 0 radical (unpaired) electrons. The molecule has 2 unspecified atom stereocenters. The molecule has 9 heteroatoms. The molecule has 0 fully saturated rings. The third kappa shape index (κ3) is 30.5. The lowest BCUT2D eigenvalue weighted by molar-refractivity contribution is -0.870. The smallest absolute Gasteiger partial charge is 0.457 e. The van der Waals surface area contributed by atoms with E-state index in [-0.39, 0.29) is 25.8 Å². The van der Waals surface area contributed by atoms with Gasteiger partial charge in [0, 0.05) is 13.0 Å². The molecule has 0 bridgehead atoms. The number of carbonyl (C=O) groups is 1. The van der Waals surface area contributed by atoms with Crippen molar-refractivity contribution in [3.8, 4) is 0 Å². The Morgan fingerprint density at radius 2 is 1.32 bits per heavy atom. The van der Waals surface area contributed by atoms with Gasteiger partial charge in [-0.3, -0.25) is 13.8 Å². The highest BCUT2D eigenvalue weighted by molar-refractivity contribution is 7.47. The van der Waals surface area contributed by atoms with Gasteiger partial charge in [-0.05, 0) is 32.1 Å². The number of unbranched alkanes of at least 4 members (excludes halogenated alkanes) is 14. The first kappa shape index (κ1) is 40.2. The summed E-state index contributed by atoms with van der Waals surface area (Å²) in [5.74, 6) is -0.327. The Morgan fingerprint density at radius 3 is 1.95 bits per heavy atom. The molecule has 0 aromatic carbocycles. The molecule has 0 rings (SSSR count). The van der Waals surface area contributed by atoms with Crippen molar-refractivity contribution in [2.75, 3.05) is 54.1 Å². The minimum atomic E-state index is -4.25. The molecule has 8 nitrogen and oxygen atoms in total. The maximum atomic E-state index is 12.5. The number of phosphoric ester groups is 1. The summed E-state index contributed by atoms with van der Waals surface area (Å²) in [5.41, 5.74) is 0. The second-order valence-corrected chi connectivity index (χ2v) is 13.6. The molecule has 0 saturated carbocycles. The van der Waals surface area contributed by atoms with Gasteiger partial charge in [-0.1, -0.05) is 103 Å². The van der Waals surface area contributed by atoms with Crippen LogP contribution in [0.25, 0.3) is 0 Å². The highest BCUT2D eigenvalue weighted by Crippen LogP contribution is 2.43. The molecule has 0 aromatic heterocycles. The maximum absolute atomic E-state index is 12.5. The summed E-state index contributed by atoms with van der Waals surface area (Å²) in [5, 5.41) is 0. The van der Waals surface area contributed by atoms with Crippen molar-refractivity contribution in [1.82, 2.24) is 0 Å². The first-order chi connectivity index (χ1) is 19.6. The van der Waals surface area contributed by atoms with E-state index in [9.17, 15) is 14.3 Å². The highest BCUT2D eigenvalue weighted by atomic mass is 31.2. The van der Waals surface area contributed by atoms with E-state index in [4.69, 9.17) is 18.5 Å². The number of hydrogen-bond donors (Lipinski definition) is 1. The normalized spacial score (nSPS) is 14.4. The van der Waals surface area contributed by atoms with Gasteiger partial charge < -0.3 is 18.9 Å². The monoisotopic (exact) mass is 606 g/mol. The lowest BCUT2D eigenvalue weighted by atomic mass is 10.1. The summed E-state index contributed by atoms with van der Waals surface area (Å²) in [6.45, 7) is 5.52. The average Bonchev–Trinajstić information content (AvgIpc) is 2.90. The van der Waals surface area contributed by atoms with Gasteiger partial charge in [-0.15, -0.1) is 0 Å². The molecule has 1 N–H and O–H groups in total. The summed E-state index contributed by atoms with van der Waals surface area (Å²) in [4.78, 5) is 22.6. The SMILES string of the molecule is CCC/C=C\CCCCCCCC(=O)OC(COCCCCCCCCCCC)COP(=O)(O)OCC[N+](C)(C)C. The van der Waals surface area contributed by atoms with Gasteiger partial charge in [0.1, 0.15) is 19.3 Å². The standard InChI is InChI=1S/C32H64NO7P/c1-6-8-10-12-14-16-17-19-21-23-25-32(34)40-31(30-39-41(35,36)38-28-26-33(3,4)5)29-37-27-24-22-20-18-15-13-11-9-7-2/h10,12,31H,6-9,11,13-30H2,1-5H3/p+1/b12-10-. The average molecular weight is 607 g/mol. The van der Waals surface area contributed by atoms with E-state index in [1.54, 1.807) is 0 Å². The van der Waals surface area contributed by atoms with Crippen LogP contribution in [0, 0.1) is 0 Å². The van der Waals surface area contributed by atoms with Crippen molar-refractivity contribution in [2.24, 2.45) is 0 Å². The molecule has 0 aliphatic heterocycles. The van der Waals surface area contributed by atoms with Crippen LogP contribution >= 0.6 is 7.82 Å². The molecule has 2 atom stereocenters. The molecular weight excluding hydrogens is 541 g/mol.